The number of aromatic nitrogens is 2. The lowest BCUT2D eigenvalue weighted by Crippen LogP contribution is -2.34. The molecule has 0 aliphatic carbocycles. The third-order valence-electron chi connectivity index (χ3n) is 5.35. The third kappa shape index (κ3) is 6.91. The van der Waals surface area contributed by atoms with Crippen molar-refractivity contribution in [3.05, 3.63) is 96.6 Å². The second-order valence-corrected chi connectivity index (χ2v) is 9.56. The van der Waals surface area contributed by atoms with Crippen molar-refractivity contribution in [1.82, 2.24) is 9.97 Å². The van der Waals surface area contributed by atoms with Crippen LogP contribution in [0, 0.1) is 5.82 Å². The normalized spacial score (nSPS) is 11.0. The smallest absolute Gasteiger partial charge is 0.414 e. The highest BCUT2D eigenvalue weighted by atomic mass is 19.1. The predicted molar refractivity (Wildman–Crippen MR) is 146 cm³/mol. The Morgan fingerprint density at radius 2 is 1.55 bits per heavy atom. The molecular formula is C29H28FN5O3. The van der Waals surface area contributed by atoms with Gasteiger partial charge in [-0.25, -0.2) is 19.2 Å². The summed E-state index contributed by atoms with van der Waals surface area (Å²) in [7, 11) is 1.61. The van der Waals surface area contributed by atoms with Gasteiger partial charge in [-0.1, -0.05) is 24.3 Å². The molecule has 0 unspecified atom stereocenters. The Hall–Kier alpha value is -4.79. The van der Waals surface area contributed by atoms with Crippen LogP contribution in [-0.4, -0.2) is 34.6 Å². The largest absolute Gasteiger partial charge is 0.443 e. The van der Waals surface area contributed by atoms with Crippen LogP contribution in [0.2, 0.25) is 0 Å². The Bertz CT molecular complexity index is 1450. The monoisotopic (exact) mass is 513 g/mol. The van der Waals surface area contributed by atoms with E-state index in [-0.39, 0.29) is 11.7 Å². The van der Waals surface area contributed by atoms with Crippen LogP contribution >= 0.6 is 0 Å². The van der Waals surface area contributed by atoms with Crippen LogP contribution in [-0.2, 0) is 4.74 Å². The number of anilines is 4. The molecule has 0 radical (unpaired) electrons. The van der Waals surface area contributed by atoms with Crippen LogP contribution in [0.25, 0.3) is 11.1 Å². The highest BCUT2D eigenvalue weighted by molar-refractivity contribution is 6.05. The van der Waals surface area contributed by atoms with Crippen molar-refractivity contribution in [3.63, 3.8) is 0 Å². The lowest BCUT2D eigenvalue weighted by molar-refractivity contribution is 0.0589. The fourth-order valence-corrected chi connectivity index (χ4v) is 3.51. The van der Waals surface area contributed by atoms with Gasteiger partial charge in [-0.15, -0.1) is 0 Å². The van der Waals surface area contributed by atoms with E-state index in [2.05, 4.69) is 20.6 Å². The first-order valence-electron chi connectivity index (χ1n) is 11.9. The average molecular weight is 514 g/mol. The summed E-state index contributed by atoms with van der Waals surface area (Å²) in [6.45, 7) is 5.39. The molecule has 0 aliphatic heterocycles. The zero-order valence-electron chi connectivity index (χ0n) is 21.5. The zero-order valence-corrected chi connectivity index (χ0v) is 21.5. The molecule has 1 aromatic heterocycles. The van der Waals surface area contributed by atoms with Crippen molar-refractivity contribution < 1.29 is 18.7 Å². The molecule has 2 amide bonds. The van der Waals surface area contributed by atoms with Crippen LogP contribution in [0.3, 0.4) is 0 Å². The minimum absolute atomic E-state index is 0.326. The number of hydrogen-bond acceptors (Lipinski definition) is 6. The third-order valence-corrected chi connectivity index (χ3v) is 5.35. The number of carbonyl (C=O) groups is 2. The van der Waals surface area contributed by atoms with Gasteiger partial charge in [0.2, 0.25) is 5.95 Å². The summed E-state index contributed by atoms with van der Waals surface area (Å²) in [5.41, 5.74) is 2.87. The van der Waals surface area contributed by atoms with Gasteiger partial charge in [-0.3, -0.25) is 9.69 Å². The van der Waals surface area contributed by atoms with Gasteiger partial charge in [0.25, 0.3) is 5.91 Å². The Labute approximate surface area is 220 Å². The van der Waals surface area contributed by atoms with Crippen LogP contribution < -0.4 is 15.5 Å². The standard InChI is InChI=1S/C29H28FN5O3/c1-29(2,3)38-28(37)35(4)25-13-7-12-24(16-25)33-26(36)20-9-6-11-23(15-20)34-27-31-17-21(18-32-27)19-8-5-10-22(30)14-19/h5-18H,1-4H3,(H,33,36)(H,31,32,34). The molecule has 0 atom stereocenters. The average Bonchev–Trinajstić information content (AvgIpc) is 2.88. The van der Waals surface area contributed by atoms with Gasteiger partial charge in [0.05, 0.1) is 0 Å². The minimum Gasteiger partial charge on any atom is -0.443 e. The summed E-state index contributed by atoms with van der Waals surface area (Å²) in [4.78, 5) is 35.3. The van der Waals surface area contributed by atoms with E-state index in [1.54, 1.807) is 101 Å². The van der Waals surface area contributed by atoms with E-state index >= 15 is 0 Å². The number of benzene rings is 3. The van der Waals surface area contributed by atoms with Crippen molar-refractivity contribution in [1.29, 1.82) is 0 Å². The van der Waals surface area contributed by atoms with Crippen molar-refractivity contribution in [2.75, 3.05) is 22.6 Å². The molecule has 0 bridgehead atoms. The number of amides is 2. The molecule has 1 heterocycles. The van der Waals surface area contributed by atoms with Crippen molar-refractivity contribution in [3.8, 4) is 11.1 Å². The van der Waals surface area contributed by atoms with Crippen LogP contribution in [0.4, 0.5) is 32.2 Å². The molecular weight excluding hydrogens is 485 g/mol. The summed E-state index contributed by atoms with van der Waals surface area (Å²) >= 11 is 0. The molecule has 4 rings (SSSR count). The molecule has 0 fully saturated rings. The summed E-state index contributed by atoms with van der Waals surface area (Å²) in [5, 5.41) is 5.93. The molecule has 38 heavy (non-hydrogen) atoms. The van der Waals surface area contributed by atoms with Crippen molar-refractivity contribution in [2.45, 2.75) is 26.4 Å². The summed E-state index contributed by atoms with van der Waals surface area (Å²) in [6.07, 6.45) is 2.70. The SMILES string of the molecule is CN(C(=O)OC(C)(C)C)c1cccc(NC(=O)c2cccc(Nc3ncc(-c4cccc(F)c4)cn3)c2)c1. The summed E-state index contributed by atoms with van der Waals surface area (Å²) < 4.78 is 18.9. The quantitative estimate of drug-likeness (QED) is 0.300. The molecule has 8 nitrogen and oxygen atoms in total. The van der Waals surface area contributed by atoms with E-state index in [0.29, 0.717) is 39.7 Å². The number of ether oxygens (including phenoxy) is 1. The number of nitrogens with one attached hydrogen (secondary N) is 2. The topological polar surface area (TPSA) is 96.5 Å². The van der Waals surface area contributed by atoms with Crippen LogP contribution in [0.5, 0.6) is 0 Å². The molecule has 0 spiro atoms. The van der Waals surface area contributed by atoms with Gasteiger partial charge in [-0.2, -0.15) is 0 Å². The maximum atomic E-state index is 13.5. The van der Waals surface area contributed by atoms with Crippen LogP contribution in [0.15, 0.2) is 85.2 Å². The van der Waals surface area contributed by atoms with Gasteiger partial charge in [0.15, 0.2) is 0 Å². The maximum Gasteiger partial charge on any atom is 0.414 e. The van der Waals surface area contributed by atoms with Crippen LogP contribution in [0.1, 0.15) is 31.1 Å². The van der Waals surface area contributed by atoms with Gasteiger partial charge < -0.3 is 15.4 Å². The molecule has 194 valence electrons. The van der Waals surface area contributed by atoms with E-state index in [4.69, 9.17) is 4.74 Å². The van der Waals surface area contributed by atoms with Crippen molar-refractivity contribution in [2.24, 2.45) is 0 Å². The first kappa shape index (κ1) is 26.3. The van der Waals surface area contributed by atoms with E-state index < -0.39 is 11.7 Å². The molecule has 3 aromatic carbocycles. The Morgan fingerprint density at radius 1 is 0.868 bits per heavy atom. The number of nitrogens with zero attached hydrogens (tertiary/aromatic N) is 3. The fraction of sp³-hybridized carbons (Fsp3) is 0.172. The highest BCUT2D eigenvalue weighted by Crippen LogP contribution is 2.23. The van der Waals surface area contributed by atoms with E-state index in [1.807, 2.05) is 0 Å². The fourth-order valence-electron chi connectivity index (χ4n) is 3.51. The predicted octanol–water partition coefficient (Wildman–Crippen LogP) is 6.65. The van der Waals surface area contributed by atoms with Gasteiger partial charge in [-0.05, 0) is 74.9 Å². The first-order valence-corrected chi connectivity index (χ1v) is 11.9. The van der Waals surface area contributed by atoms with Gasteiger partial charge >= 0.3 is 6.09 Å². The first-order chi connectivity index (χ1) is 18.1. The van der Waals surface area contributed by atoms with E-state index in [0.717, 1.165) is 0 Å². The van der Waals surface area contributed by atoms with Gasteiger partial charge in [0, 0.05) is 47.6 Å². The summed E-state index contributed by atoms with van der Waals surface area (Å²) in [5.74, 6) is -0.324. The molecule has 4 aromatic rings. The van der Waals surface area contributed by atoms with Crippen molar-refractivity contribution >= 4 is 35.0 Å². The second-order valence-electron chi connectivity index (χ2n) is 9.56. The highest BCUT2D eigenvalue weighted by Gasteiger charge is 2.21. The molecule has 0 aliphatic rings. The molecule has 0 saturated carbocycles. The van der Waals surface area contributed by atoms with E-state index in [1.165, 1.54) is 17.0 Å². The Morgan fingerprint density at radius 3 is 2.26 bits per heavy atom. The number of rotatable bonds is 6. The second kappa shape index (κ2) is 11.1. The lowest BCUT2D eigenvalue weighted by Gasteiger charge is -2.25. The Kier molecular flexibility index (Phi) is 7.66. The Balaban J connectivity index is 1.42. The molecule has 0 saturated heterocycles. The minimum atomic E-state index is -0.620. The molecule has 2 N–H and O–H groups in total. The molecule has 9 heteroatoms. The van der Waals surface area contributed by atoms with Gasteiger partial charge in [0.1, 0.15) is 11.4 Å². The number of hydrogen-bond donors (Lipinski definition) is 2. The van der Waals surface area contributed by atoms with E-state index in [9.17, 15) is 14.0 Å². The number of carbonyl (C=O) groups excluding carboxylic acids is 2. The number of halogens is 1. The lowest BCUT2D eigenvalue weighted by atomic mass is 10.1. The zero-order chi connectivity index (χ0) is 27.3. The summed E-state index contributed by atoms with van der Waals surface area (Å²) in [6, 6.07) is 20.0. The maximum absolute atomic E-state index is 13.5.